The van der Waals surface area contributed by atoms with Crippen molar-refractivity contribution in [1.29, 1.82) is 0 Å². The van der Waals surface area contributed by atoms with Crippen LogP contribution in [0.25, 0.3) is 11.5 Å². The predicted molar refractivity (Wildman–Crippen MR) is 134 cm³/mol. The molecule has 190 valence electrons. The number of nitrogens with one attached hydrogen (secondary N) is 2. The average Bonchev–Trinajstić information content (AvgIpc) is 3.14. The molecule has 0 spiro atoms. The van der Waals surface area contributed by atoms with Gasteiger partial charge in [0.25, 0.3) is 0 Å². The fraction of sp³-hybridized carbons (Fsp3) is 0.542. The molecule has 1 fully saturated rings. The zero-order valence-electron chi connectivity index (χ0n) is 20.9. The van der Waals surface area contributed by atoms with Crippen molar-refractivity contribution in [2.45, 2.75) is 65.2 Å². The Morgan fingerprint density at radius 2 is 1.77 bits per heavy atom. The Morgan fingerprint density at radius 3 is 2.40 bits per heavy atom. The van der Waals surface area contributed by atoms with E-state index >= 15 is 0 Å². The Balaban J connectivity index is 1.71. The quantitative estimate of drug-likeness (QED) is 0.424. The lowest BCUT2D eigenvalue weighted by Gasteiger charge is -2.27. The summed E-state index contributed by atoms with van der Waals surface area (Å²) in [4.78, 5) is 41.2. The monoisotopic (exact) mass is 502 g/mol. The van der Waals surface area contributed by atoms with Crippen molar-refractivity contribution in [2.24, 2.45) is 11.8 Å². The summed E-state index contributed by atoms with van der Waals surface area (Å²) in [5.41, 5.74) is 2.30. The number of nitrogens with zero attached hydrogens (tertiary/aromatic N) is 2. The van der Waals surface area contributed by atoms with Crippen LogP contribution in [-0.2, 0) is 14.3 Å². The van der Waals surface area contributed by atoms with E-state index in [4.69, 9.17) is 9.26 Å². The van der Waals surface area contributed by atoms with Gasteiger partial charge in [0.2, 0.25) is 11.7 Å². The SMILES string of the molecule is Cc1nc(-c2onc(C)c2NC(=O)OCC[Si](C)(C)C)ccc1NC(=O)[C@H]1CCCC[C@@H]1C(=O)O. The molecule has 35 heavy (non-hydrogen) atoms. The standard InChI is InChI=1S/C24H34N4O6Si/c1-14-18(26-22(29)16-8-6-7-9-17(16)23(30)31)10-11-19(25-14)21-20(15(2)28-34-21)27-24(32)33-12-13-35(3,4)5/h10-11,16-17H,6-9,12-13H2,1-5H3,(H,26,29)(H,27,32)(H,30,31)/t16-,17-/m0/s1. The highest BCUT2D eigenvalue weighted by atomic mass is 28.3. The van der Waals surface area contributed by atoms with Gasteiger partial charge in [0.05, 0.1) is 29.8 Å². The molecule has 2 atom stereocenters. The van der Waals surface area contributed by atoms with Crippen LogP contribution >= 0.6 is 0 Å². The second-order valence-electron chi connectivity index (χ2n) is 10.2. The highest BCUT2D eigenvalue weighted by molar-refractivity contribution is 6.76. The Labute approximate surface area is 205 Å². The number of carbonyl (C=O) groups is 3. The smallest absolute Gasteiger partial charge is 0.411 e. The van der Waals surface area contributed by atoms with Gasteiger partial charge in [-0.3, -0.25) is 14.9 Å². The summed E-state index contributed by atoms with van der Waals surface area (Å²) in [5.74, 6) is -2.21. The van der Waals surface area contributed by atoms with Gasteiger partial charge < -0.3 is 19.7 Å². The van der Waals surface area contributed by atoms with Gasteiger partial charge >= 0.3 is 12.1 Å². The van der Waals surface area contributed by atoms with Gasteiger partial charge in [0, 0.05) is 8.07 Å². The van der Waals surface area contributed by atoms with Crippen LogP contribution in [0.5, 0.6) is 0 Å². The fourth-order valence-corrected chi connectivity index (χ4v) is 4.78. The van der Waals surface area contributed by atoms with Crippen LogP contribution < -0.4 is 10.6 Å². The van der Waals surface area contributed by atoms with E-state index < -0.39 is 32.0 Å². The molecule has 2 amide bonds. The van der Waals surface area contributed by atoms with Crippen LogP contribution in [0.15, 0.2) is 16.7 Å². The number of aliphatic carboxylic acids is 1. The van der Waals surface area contributed by atoms with Gasteiger partial charge in [-0.25, -0.2) is 9.78 Å². The predicted octanol–water partition coefficient (Wildman–Crippen LogP) is 5.07. The van der Waals surface area contributed by atoms with E-state index in [0.29, 0.717) is 47.9 Å². The number of amides is 2. The van der Waals surface area contributed by atoms with Gasteiger partial charge in [0.15, 0.2) is 0 Å². The van der Waals surface area contributed by atoms with Gasteiger partial charge in [-0.05, 0) is 44.9 Å². The van der Waals surface area contributed by atoms with E-state index in [1.54, 1.807) is 26.0 Å². The van der Waals surface area contributed by atoms with Crippen LogP contribution in [0.4, 0.5) is 16.2 Å². The van der Waals surface area contributed by atoms with E-state index in [-0.39, 0.29) is 11.7 Å². The van der Waals surface area contributed by atoms with Crippen molar-refractivity contribution in [3.63, 3.8) is 0 Å². The molecule has 10 nitrogen and oxygen atoms in total. The highest BCUT2D eigenvalue weighted by Gasteiger charge is 2.36. The second kappa shape index (κ2) is 11.0. The molecular formula is C24H34N4O6Si. The van der Waals surface area contributed by atoms with E-state index in [2.05, 4.69) is 40.4 Å². The van der Waals surface area contributed by atoms with Crippen molar-refractivity contribution in [3.8, 4) is 11.5 Å². The molecule has 1 aliphatic rings. The largest absolute Gasteiger partial charge is 0.481 e. The average molecular weight is 503 g/mol. The Morgan fingerprint density at radius 1 is 1.09 bits per heavy atom. The molecular weight excluding hydrogens is 468 g/mol. The number of carbonyl (C=O) groups excluding carboxylic acids is 2. The van der Waals surface area contributed by atoms with Crippen LogP contribution in [0.1, 0.15) is 37.1 Å². The summed E-state index contributed by atoms with van der Waals surface area (Å²) in [6.45, 7) is 10.4. The van der Waals surface area contributed by atoms with Gasteiger partial charge in [-0.15, -0.1) is 0 Å². The number of carboxylic acids is 1. The third-order valence-electron chi connectivity index (χ3n) is 6.17. The second-order valence-corrected chi connectivity index (χ2v) is 15.8. The summed E-state index contributed by atoms with van der Waals surface area (Å²) >= 11 is 0. The van der Waals surface area contributed by atoms with Gasteiger partial charge in [-0.2, -0.15) is 0 Å². The summed E-state index contributed by atoms with van der Waals surface area (Å²) in [6, 6.07) is 4.19. The third kappa shape index (κ3) is 6.90. The number of aromatic nitrogens is 2. The molecule has 0 unspecified atom stereocenters. The third-order valence-corrected chi connectivity index (χ3v) is 7.88. The summed E-state index contributed by atoms with van der Waals surface area (Å²) < 4.78 is 10.7. The molecule has 2 heterocycles. The van der Waals surface area contributed by atoms with E-state index in [0.717, 1.165) is 18.9 Å². The van der Waals surface area contributed by atoms with Crippen LogP contribution in [0.2, 0.25) is 25.7 Å². The van der Waals surface area contributed by atoms with Crippen LogP contribution in [0.3, 0.4) is 0 Å². The van der Waals surface area contributed by atoms with Gasteiger partial charge in [-0.1, -0.05) is 37.6 Å². The molecule has 0 bridgehead atoms. The van der Waals surface area contributed by atoms with Crippen molar-refractivity contribution < 1.29 is 28.8 Å². The molecule has 2 aromatic rings. The first kappa shape index (κ1) is 26.4. The van der Waals surface area contributed by atoms with E-state index in [1.807, 2.05) is 0 Å². The molecule has 11 heteroatoms. The van der Waals surface area contributed by atoms with E-state index in [1.165, 1.54) is 0 Å². The first-order valence-corrected chi connectivity index (χ1v) is 15.6. The lowest BCUT2D eigenvalue weighted by atomic mass is 9.78. The van der Waals surface area contributed by atoms with E-state index in [9.17, 15) is 19.5 Å². The molecule has 1 saturated carbocycles. The number of hydrogen-bond acceptors (Lipinski definition) is 7. The molecule has 2 aromatic heterocycles. The minimum absolute atomic E-state index is 0.281. The normalized spacial score (nSPS) is 18.1. The minimum Gasteiger partial charge on any atom is -0.481 e. The van der Waals surface area contributed by atoms with Crippen molar-refractivity contribution in [3.05, 3.63) is 23.5 Å². The fourth-order valence-electron chi connectivity index (χ4n) is 4.07. The maximum absolute atomic E-state index is 12.8. The Kier molecular flexibility index (Phi) is 8.31. The van der Waals surface area contributed by atoms with Crippen molar-refractivity contribution in [1.82, 2.24) is 10.1 Å². The number of hydrogen-bond donors (Lipinski definition) is 3. The zero-order chi connectivity index (χ0) is 25.8. The number of carboxylic acid groups (broad SMARTS) is 1. The summed E-state index contributed by atoms with van der Waals surface area (Å²) in [5, 5.41) is 19.0. The molecule has 3 N–H and O–H groups in total. The van der Waals surface area contributed by atoms with Crippen LogP contribution in [0, 0.1) is 25.7 Å². The highest BCUT2D eigenvalue weighted by Crippen LogP contribution is 2.33. The number of aryl methyl sites for hydroxylation is 2. The maximum atomic E-state index is 12.8. The number of pyridine rings is 1. The number of anilines is 2. The zero-order valence-corrected chi connectivity index (χ0v) is 21.9. The summed E-state index contributed by atoms with van der Waals surface area (Å²) in [6.07, 6.45) is 2.11. The molecule has 1 aliphatic carbocycles. The topological polar surface area (TPSA) is 144 Å². The molecule has 3 rings (SSSR count). The molecule has 0 radical (unpaired) electrons. The van der Waals surface area contributed by atoms with Crippen molar-refractivity contribution in [2.75, 3.05) is 17.2 Å². The molecule has 0 aromatic carbocycles. The Hall–Kier alpha value is -3.21. The molecule has 0 saturated heterocycles. The van der Waals surface area contributed by atoms with Crippen molar-refractivity contribution >= 4 is 37.4 Å². The Bertz CT molecular complexity index is 1090. The first-order chi connectivity index (χ1) is 16.5. The van der Waals surface area contributed by atoms with Gasteiger partial charge in [0.1, 0.15) is 17.1 Å². The molecule has 0 aliphatic heterocycles. The lowest BCUT2D eigenvalue weighted by molar-refractivity contribution is -0.147. The summed E-state index contributed by atoms with van der Waals surface area (Å²) in [7, 11) is -1.33. The minimum atomic E-state index is -1.33. The maximum Gasteiger partial charge on any atom is 0.411 e. The first-order valence-electron chi connectivity index (χ1n) is 11.9. The number of rotatable bonds is 8. The lowest BCUT2D eigenvalue weighted by Crippen LogP contribution is -2.36. The van der Waals surface area contributed by atoms with Crippen LogP contribution in [-0.4, -0.2) is 47.9 Å². The number of ether oxygens (including phenoxy) is 1.